The number of oxazole rings is 1. The van der Waals surface area contributed by atoms with Crippen molar-refractivity contribution in [1.82, 2.24) is 14.5 Å². The standard InChI is InChI=1S/C27H25FN4O3/c1-17-29-19(15-35-17)12-11-18-7-5-9-22-20(18)16-34-14-13-31(22)25-24-21(28)8-6-10-23(24)32(26(33)30-25)27(2,3)4/h5-10,15H,13-14,16H2,1-4H3. The van der Waals surface area contributed by atoms with E-state index in [4.69, 9.17) is 9.15 Å². The number of benzene rings is 2. The Kier molecular flexibility index (Phi) is 5.65. The van der Waals surface area contributed by atoms with Gasteiger partial charge in [0.25, 0.3) is 0 Å². The van der Waals surface area contributed by atoms with Crippen LogP contribution in [0.2, 0.25) is 0 Å². The molecule has 0 fully saturated rings. The molecule has 0 radical (unpaired) electrons. The van der Waals surface area contributed by atoms with Gasteiger partial charge in [-0.2, -0.15) is 4.98 Å². The van der Waals surface area contributed by atoms with Gasteiger partial charge < -0.3 is 14.1 Å². The van der Waals surface area contributed by atoms with Crippen LogP contribution in [0.4, 0.5) is 15.9 Å². The lowest BCUT2D eigenvalue weighted by atomic mass is 10.0. The number of rotatable bonds is 1. The minimum absolute atomic E-state index is 0.271. The van der Waals surface area contributed by atoms with Gasteiger partial charge >= 0.3 is 5.69 Å². The van der Waals surface area contributed by atoms with E-state index in [-0.39, 0.29) is 5.82 Å². The van der Waals surface area contributed by atoms with Crippen molar-refractivity contribution in [3.8, 4) is 11.8 Å². The number of hydrogen-bond donors (Lipinski definition) is 0. The Morgan fingerprint density at radius 3 is 2.63 bits per heavy atom. The molecule has 0 atom stereocenters. The lowest BCUT2D eigenvalue weighted by Gasteiger charge is -2.29. The van der Waals surface area contributed by atoms with E-state index < -0.39 is 17.0 Å². The normalized spacial score (nSPS) is 13.8. The SMILES string of the molecule is Cc1nc(C#Cc2cccc3c2COCCN3c2nc(=O)n(C(C)(C)C)c3cccc(F)c23)co1. The van der Waals surface area contributed by atoms with Gasteiger partial charge in [-0.3, -0.25) is 4.57 Å². The summed E-state index contributed by atoms with van der Waals surface area (Å²) in [6.07, 6.45) is 1.51. The third-order valence-corrected chi connectivity index (χ3v) is 5.87. The number of nitrogens with zero attached hydrogens (tertiary/aromatic N) is 4. The number of ether oxygens (including phenoxy) is 1. The third kappa shape index (κ3) is 4.19. The topological polar surface area (TPSA) is 73.4 Å². The molecule has 0 unspecified atom stereocenters. The fourth-order valence-corrected chi connectivity index (χ4v) is 4.38. The Bertz CT molecular complexity index is 1550. The predicted molar refractivity (Wildman–Crippen MR) is 131 cm³/mol. The van der Waals surface area contributed by atoms with Gasteiger partial charge in [0.05, 0.1) is 24.1 Å². The van der Waals surface area contributed by atoms with E-state index in [1.54, 1.807) is 19.1 Å². The molecule has 4 aromatic rings. The summed E-state index contributed by atoms with van der Waals surface area (Å²) in [4.78, 5) is 23.7. The summed E-state index contributed by atoms with van der Waals surface area (Å²) in [5, 5.41) is 0.296. The molecule has 7 nitrogen and oxygen atoms in total. The molecule has 5 rings (SSSR count). The first-order valence-corrected chi connectivity index (χ1v) is 11.4. The van der Waals surface area contributed by atoms with Crippen molar-refractivity contribution < 1.29 is 13.5 Å². The molecule has 1 aliphatic rings. The van der Waals surface area contributed by atoms with Crippen LogP contribution in [-0.2, 0) is 16.9 Å². The molecule has 35 heavy (non-hydrogen) atoms. The largest absolute Gasteiger partial charge is 0.448 e. The van der Waals surface area contributed by atoms with Gasteiger partial charge in [0.1, 0.15) is 12.1 Å². The zero-order valence-corrected chi connectivity index (χ0v) is 20.1. The highest BCUT2D eigenvalue weighted by Gasteiger charge is 2.27. The molecule has 0 N–H and O–H groups in total. The average molecular weight is 473 g/mol. The van der Waals surface area contributed by atoms with E-state index in [0.29, 0.717) is 42.2 Å². The predicted octanol–water partition coefficient (Wildman–Crippen LogP) is 4.66. The Balaban J connectivity index is 1.72. The fraction of sp³-hybridized carbons (Fsp3) is 0.296. The van der Waals surface area contributed by atoms with Crippen molar-refractivity contribution in [2.45, 2.75) is 39.8 Å². The lowest BCUT2D eigenvalue weighted by Crippen LogP contribution is -2.37. The monoisotopic (exact) mass is 472 g/mol. The van der Waals surface area contributed by atoms with Gasteiger partial charge in [0, 0.05) is 35.8 Å². The van der Waals surface area contributed by atoms with Crippen molar-refractivity contribution in [3.05, 3.63) is 81.7 Å². The molecule has 3 heterocycles. The van der Waals surface area contributed by atoms with Crippen molar-refractivity contribution >= 4 is 22.4 Å². The molecular weight excluding hydrogens is 447 g/mol. The molecule has 8 heteroatoms. The summed E-state index contributed by atoms with van der Waals surface area (Å²) in [6, 6.07) is 10.5. The van der Waals surface area contributed by atoms with E-state index in [9.17, 15) is 4.79 Å². The summed E-state index contributed by atoms with van der Waals surface area (Å²) in [7, 11) is 0. The molecule has 0 aliphatic carbocycles. The highest BCUT2D eigenvalue weighted by molar-refractivity contribution is 5.93. The molecule has 0 saturated carbocycles. The first-order valence-electron chi connectivity index (χ1n) is 11.4. The van der Waals surface area contributed by atoms with Crippen LogP contribution in [0.1, 0.15) is 43.5 Å². The van der Waals surface area contributed by atoms with Crippen LogP contribution in [-0.4, -0.2) is 27.7 Å². The summed E-state index contributed by atoms with van der Waals surface area (Å²) >= 11 is 0. The second-order valence-corrected chi connectivity index (χ2v) is 9.37. The number of anilines is 2. The van der Waals surface area contributed by atoms with Gasteiger partial charge in [-0.1, -0.05) is 18.1 Å². The Labute approximate surface area is 202 Å². The van der Waals surface area contributed by atoms with Gasteiger partial charge in [-0.15, -0.1) is 0 Å². The minimum Gasteiger partial charge on any atom is -0.448 e. The number of aryl methyl sites for hydroxylation is 1. The van der Waals surface area contributed by atoms with Gasteiger partial charge in [-0.25, -0.2) is 14.2 Å². The molecule has 0 saturated heterocycles. The van der Waals surface area contributed by atoms with Crippen molar-refractivity contribution in [1.29, 1.82) is 0 Å². The average Bonchev–Trinajstić information content (AvgIpc) is 3.09. The van der Waals surface area contributed by atoms with Crippen LogP contribution in [0.3, 0.4) is 0 Å². The van der Waals surface area contributed by atoms with Crippen LogP contribution in [0.15, 0.2) is 51.9 Å². The van der Waals surface area contributed by atoms with Crippen LogP contribution in [0.25, 0.3) is 10.9 Å². The van der Waals surface area contributed by atoms with Crippen LogP contribution in [0.5, 0.6) is 0 Å². The van der Waals surface area contributed by atoms with Crippen molar-refractivity contribution in [2.24, 2.45) is 0 Å². The van der Waals surface area contributed by atoms with Gasteiger partial charge in [0.15, 0.2) is 17.4 Å². The maximum Gasteiger partial charge on any atom is 0.350 e. The molecule has 0 spiro atoms. The van der Waals surface area contributed by atoms with Gasteiger partial charge in [0.2, 0.25) is 0 Å². The molecule has 0 amide bonds. The first-order chi connectivity index (χ1) is 16.7. The smallest absolute Gasteiger partial charge is 0.350 e. The van der Waals surface area contributed by atoms with Crippen LogP contribution in [0, 0.1) is 24.6 Å². The summed E-state index contributed by atoms with van der Waals surface area (Å²) in [5.41, 5.74) is 2.39. The molecule has 1 aliphatic heterocycles. The second kappa shape index (κ2) is 8.67. The lowest BCUT2D eigenvalue weighted by molar-refractivity contribution is 0.133. The van der Waals surface area contributed by atoms with Gasteiger partial charge in [-0.05, 0) is 51.0 Å². The number of aromatic nitrogens is 3. The van der Waals surface area contributed by atoms with Crippen LogP contribution < -0.4 is 10.6 Å². The summed E-state index contributed by atoms with van der Waals surface area (Å²) < 4.78 is 28.0. The molecule has 2 aromatic carbocycles. The van der Waals surface area contributed by atoms with E-state index in [0.717, 1.165) is 16.8 Å². The maximum absolute atomic E-state index is 15.3. The summed E-state index contributed by atoms with van der Waals surface area (Å²) in [6.45, 7) is 8.57. The van der Waals surface area contributed by atoms with E-state index in [1.807, 2.05) is 43.9 Å². The second-order valence-electron chi connectivity index (χ2n) is 9.37. The van der Waals surface area contributed by atoms with Crippen molar-refractivity contribution in [3.63, 3.8) is 0 Å². The maximum atomic E-state index is 15.3. The first kappa shape index (κ1) is 22.8. The zero-order chi connectivity index (χ0) is 24.7. The Morgan fingerprint density at radius 2 is 1.89 bits per heavy atom. The highest BCUT2D eigenvalue weighted by atomic mass is 19.1. The fourth-order valence-electron chi connectivity index (χ4n) is 4.38. The Morgan fingerprint density at radius 1 is 1.09 bits per heavy atom. The number of fused-ring (bicyclic) bond motifs is 2. The van der Waals surface area contributed by atoms with E-state index in [2.05, 4.69) is 21.8 Å². The summed E-state index contributed by atoms with van der Waals surface area (Å²) in [5.74, 6) is 6.55. The van der Waals surface area contributed by atoms with E-state index >= 15 is 4.39 Å². The highest BCUT2D eigenvalue weighted by Crippen LogP contribution is 2.36. The molecule has 0 bridgehead atoms. The third-order valence-electron chi connectivity index (χ3n) is 5.87. The molecular formula is C27H25FN4O3. The van der Waals surface area contributed by atoms with E-state index in [1.165, 1.54) is 16.9 Å². The van der Waals surface area contributed by atoms with Crippen molar-refractivity contribution in [2.75, 3.05) is 18.1 Å². The molecule has 2 aromatic heterocycles. The number of halogens is 1. The molecule has 178 valence electrons. The minimum atomic E-state index is -0.573. The Hall–Kier alpha value is -3.96. The zero-order valence-electron chi connectivity index (χ0n) is 20.1. The number of hydrogen-bond acceptors (Lipinski definition) is 6. The van der Waals surface area contributed by atoms with Crippen LogP contribution >= 0.6 is 0 Å². The quantitative estimate of drug-likeness (QED) is 0.376.